The lowest BCUT2D eigenvalue weighted by molar-refractivity contribution is -0.137. The molecule has 1 fully saturated rings. The molecule has 13 heteroatoms. The van der Waals surface area contributed by atoms with E-state index in [-0.39, 0.29) is 29.9 Å². The van der Waals surface area contributed by atoms with E-state index in [9.17, 15) is 27.6 Å². The molecule has 2 amide bonds. The van der Waals surface area contributed by atoms with Gasteiger partial charge in [-0.2, -0.15) is 13.2 Å². The van der Waals surface area contributed by atoms with Gasteiger partial charge in [0.1, 0.15) is 11.3 Å². The van der Waals surface area contributed by atoms with E-state index >= 15 is 0 Å². The number of amides is 2. The van der Waals surface area contributed by atoms with Crippen molar-refractivity contribution >= 4 is 23.4 Å². The molecule has 43 heavy (non-hydrogen) atoms. The smallest absolute Gasteiger partial charge is 0.416 e. The molecule has 3 aromatic rings. The van der Waals surface area contributed by atoms with Crippen LogP contribution in [0.15, 0.2) is 53.6 Å². The zero-order valence-corrected chi connectivity index (χ0v) is 24.4. The lowest BCUT2D eigenvalue weighted by Gasteiger charge is -2.29. The van der Waals surface area contributed by atoms with E-state index in [1.807, 2.05) is 4.90 Å². The van der Waals surface area contributed by atoms with Gasteiger partial charge in [0.05, 0.1) is 30.7 Å². The summed E-state index contributed by atoms with van der Waals surface area (Å²) in [5.74, 6) is -0.727. The van der Waals surface area contributed by atoms with Crippen LogP contribution in [0.1, 0.15) is 42.4 Å². The van der Waals surface area contributed by atoms with Gasteiger partial charge in [-0.1, -0.05) is 6.07 Å². The summed E-state index contributed by atoms with van der Waals surface area (Å²) < 4.78 is 51.7. The number of nitrogens with one attached hydrogen (secondary N) is 2. The van der Waals surface area contributed by atoms with Crippen LogP contribution < -0.4 is 21.1 Å². The Balaban J connectivity index is 1.64. The predicted molar refractivity (Wildman–Crippen MR) is 155 cm³/mol. The highest BCUT2D eigenvalue weighted by Gasteiger charge is 2.31. The monoisotopic (exact) mass is 601 g/mol. The molecule has 0 radical (unpaired) electrons. The summed E-state index contributed by atoms with van der Waals surface area (Å²) in [6, 6.07) is 7.54. The molecule has 1 saturated heterocycles. The lowest BCUT2D eigenvalue weighted by atomic mass is 10.0. The van der Waals surface area contributed by atoms with Gasteiger partial charge in [-0.25, -0.2) is 4.79 Å². The third-order valence-electron chi connectivity index (χ3n) is 6.55. The number of anilines is 2. The van der Waals surface area contributed by atoms with Crippen LogP contribution in [0.2, 0.25) is 0 Å². The van der Waals surface area contributed by atoms with Crippen molar-refractivity contribution in [2.45, 2.75) is 46.0 Å². The van der Waals surface area contributed by atoms with Crippen molar-refractivity contribution in [2.75, 3.05) is 43.1 Å². The van der Waals surface area contributed by atoms with Gasteiger partial charge in [0.15, 0.2) is 0 Å². The minimum Gasteiger partial charge on any atom is -0.444 e. The fourth-order valence-electron chi connectivity index (χ4n) is 4.49. The first kappa shape index (κ1) is 31.5. The average Bonchev–Trinajstić information content (AvgIpc) is 2.94. The number of nitrogens with zero attached hydrogens (tertiary/aromatic N) is 3. The molecule has 0 bridgehead atoms. The SMILES string of the molecule is Cc1ncc(NC(=O)c2cccc(C(F)(F)F)c2)cc1-c1cc(N2CCOCC2)c(=O)n(CCNC(=O)OC(C)(C)C)c1. The number of ether oxygens (including phenoxy) is 2. The van der Waals surface area contributed by atoms with Crippen LogP contribution in [-0.4, -0.2) is 60.0 Å². The number of carbonyl (C=O) groups is 2. The summed E-state index contributed by atoms with van der Waals surface area (Å²) in [5, 5.41) is 5.28. The zero-order valence-electron chi connectivity index (χ0n) is 24.4. The maximum atomic E-state index is 13.5. The molecule has 0 atom stereocenters. The normalized spacial score (nSPS) is 13.9. The van der Waals surface area contributed by atoms with Crippen LogP contribution in [0.5, 0.6) is 0 Å². The topological polar surface area (TPSA) is 115 Å². The number of alkyl halides is 3. The molecular weight excluding hydrogens is 567 g/mol. The van der Waals surface area contributed by atoms with E-state index in [1.165, 1.54) is 22.9 Å². The van der Waals surface area contributed by atoms with Gasteiger partial charge in [-0.3, -0.25) is 14.6 Å². The second kappa shape index (κ2) is 12.9. The quantitative estimate of drug-likeness (QED) is 0.398. The first-order valence-electron chi connectivity index (χ1n) is 13.7. The van der Waals surface area contributed by atoms with E-state index in [1.54, 1.807) is 46.0 Å². The van der Waals surface area contributed by atoms with Crippen molar-refractivity contribution < 1.29 is 32.2 Å². The van der Waals surface area contributed by atoms with Gasteiger partial charge in [0.2, 0.25) is 0 Å². The molecule has 4 rings (SSSR count). The largest absolute Gasteiger partial charge is 0.444 e. The minimum absolute atomic E-state index is 0.130. The number of rotatable bonds is 7. The van der Waals surface area contributed by atoms with E-state index in [0.29, 0.717) is 48.8 Å². The van der Waals surface area contributed by atoms with Gasteiger partial charge >= 0.3 is 12.3 Å². The summed E-state index contributed by atoms with van der Waals surface area (Å²) in [6.07, 6.45) is -2.13. The maximum absolute atomic E-state index is 13.5. The highest BCUT2D eigenvalue weighted by atomic mass is 19.4. The summed E-state index contributed by atoms with van der Waals surface area (Å²) in [6.45, 7) is 9.25. The van der Waals surface area contributed by atoms with Gasteiger partial charge in [0, 0.05) is 54.8 Å². The number of hydrogen-bond donors (Lipinski definition) is 2. The molecule has 3 heterocycles. The molecule has 1 aliphatic heterocycles. The van der Waals surface area contributed by atoms with E-state index in [0.717, 1.165) is 12.1 Å². The molecule has 10 nitrogen and oxygen atoms in total. The van der Waals surface area contributed by atoms with Crippen molar-refractivity contribution in [1.29, 1.82) is 0 Å². The van der Waals surface area contributed by atoms with E-state index in [2.05, 4.69) is 15.6 Å². The highest BCUT2D eigenvalue weighted by molar-refractivity contribution is 6.04. The van der Waals surface area contributed by atoms with Gasteiger partial charge in [-0.05, 0) is 58.0 Å². The van der Waals surface area contributed by atoms with Crippen LogP contribution in [0, 0.1) is 6.92 Å². The van der Waals surface area contributed by atoms with Crippen LogP contribution >= 0.6 is 0 Å². The number of hydrogen-bond acceptors (Lipinski definition) is 7. The van der Waals surface area contributed by atoms with Crippen molar-refractivity contribution in [3.63, 3.8) is 0 Å². The fraction of sp³-hybridized carbons (Fsp3) is 0.400. The number of aryl methyl sites for hydroxylation is 1. The van der Waals surface area contributed by atoms with E-state index < -0.39 is 29.3 Å². The average molecular weight is 602 g/mol. The zero-order chi connectivity index (χ0) is 31.4. The summed E-state index contributed by atoms with van der Waals surface area (Å²) in [7, 11) is 0. The molecule has 230 valence electrons. The van der Waals surface area contributed by atoms with Gasteiger partial charge in [0.25, 0.3) is 11.5 Å². The first-order chi connectivity index (χ1) is 20.2. The lowest BCUT2D eigenvalue weighted by Crippen LogP contribution is -2.41. The Morgan fingerprint density at radius 2 is 1.81 bits per heavy atom. The van der Waals surface area contributed by atoms with Crippen LogP contribution in [0.25, 0.3) is 11.1 Å². The molecule has 1 aliphatic rings. The number of benzene rings is 1. The molecule has 2 aromatic heterocycles. The Morgan fingerprint density at radius 3 is 2.49 bits per heavy atom. The van der Waals surface area contributed by atoms with E-state index in [4.69, 9.17) is 9.47 Å². The molecule has 0 aliphatic carbocycles. The molecule has 1 aromatic carbocycles. The first-order valence-corrected chi connectivity index (χ1v) is 13.7. The Bertz CT molecular complexity index is 1540. The number of halogens is 3. The highest BCUT2D eigenvalue weighted by Crippen LogP contribution is 2.30. The minimum atomic E-state index is -4.58. The van der Waals surface area contributed by atoms with Crippen molar-refractivity contribution in [2.24, 2.45) is 0 Å². The number of pyridine rings is 2. The molecule has 2 N–H and O–H groups in total. The Labute approximate surface area is 246 Å². The summed E-state index contributed by atoms with van der Waals surface area (Å²) >= 11 is 0. The fourth-order valence-corrected chi connectivity index (χ4v) is 4.49. The van der Waals surface area contributed by atoms with Crippen LogP contribution in [0.4, 0.5) is 29.3 Å². The molecular formula is C30H34F3N5O5. The molecule has 0 unspecified atom stereocenters. The summed E-state index contributed by atoms with van der Waals surface area (Å²) in [4.78, 5) is 44.8. The molecule has 0 spiro atoms. The molecule has 0 saturated carbocycles. The summed E-state index contributed by atoms with van der Waals surface area (Å²) in [5.41, 5.74) is 0.522. The number of morpholine rings is 1. The Kier molecular flexibility index (Phi) is 9.43. The maximum Gasteiger partial charge on any atom is 0.416 e. The Morgan fingerprint density at radius 1 is 1.09 bits per heavy atom. The van der Waals surface area contributed by atoms with Crippen LogP contribution in [-0.2, 0) is 22.2 Å². The van der Waals surface area contributed by atoms with Crippen molar-refractivity contribution in [1.82, 2.24) is 14.9 Å². The third kappa shape index (κ3) is 8.34. The Hall–Kier alpha value is -4.39. The predicted octanol–water partition coefficient (Wildman–Crippen LogP) is 4.85. The number of carbonyl (C=O) groups excluding carboxylic acids is 2. The number of alkyl carbamates (subject to hydrolysis) is 1. The second-order valence-corrected chi connectivity index (χ2v) is 11.0. The van der Waals surface area contributed by atoms with Crippen LogP contribution in [0.3, 0.4) is 0 Å². The third-order valence-corrected chi connectivity index (χ3v) is 6.55. The second-order valence-electron chi connectivity index (χ2n) is 11.0. The van der Waals surface area contributed by atoms with Gasteiger partial charge in [-0.15, -0.1) is 0 Å². The van der Waals surface area contributed by atoms with Crippen molar-refractivity contribution in [3.8, 4) is 11.1 Å². The van der Waals surface area contributed by atoms with Gasteiger partial charge < -0.3 is 29.6 Å². The number of aromatic nitrogens is 2. The standard InChI is InChI=1S/C30H34F3N5O5/c1-19-24(16-23(17-35-19)36-26(39)20-6-5-7-22(14-20)30(31,32)33)21-15-25(37-10-12-42-13-11-37)27(40)38(18-21)9-8-34-28(41)43-29(2,3)4/h5-7,14-18H,8-13H2,1-4H3,(H,34,41)(H,36,39). The van der Waals surface area contributed by atoms with Crippen molar-refractivity contribution in [3.05, 3.63) is 76.0 Å².